The largest absolute Gasteiger partial charge is 0.335 e. The smallest absolute Gasteiger partial charge is 0.271 e. The van der Waals surface area contributed by atoms with Crippen LogP contribution in [0.4, 0.5) is 5.69 Å². The first-order valence-corrected chi connectivity index (χ1v) is 12.4. The van der Waals surface area contributed by atoms with Crippen LogP contribution >= 0.6 is 15.9 Å². The lowest BCUT2D eigenvalue weighted by Gasteiger charge is -2.36. The molecule has 0 bridgehead atoms. The average molecular weight is 519 g/mol. The van der Waals surface area contributed by atoms with Crippen molar-refractivity contribution < 1.29 is 18.0 Å². The molecule has 4 rings (SSSR count). The van der Waals surface area contributed by atoms with E-state index < -0.39 is 10.0 Å². The minimum Gasteiger partial charge on any atom is -0.335 e. The molecule has 1 N–H and O–H groups in total. The summed E-state index contributed by atoms with van der Waals surface area (Å²) in [4.78, 5) is 27.3. The summed E-state index contributed by atoms with van der Waals surface area (Å²) in [6.07, 6.45) is 1.70. The van der Waals surface area contributed by atoms with E-state index in [1.54, 1.807) is 35.2 Å². The third-order valence-corrected chi connectivity index (χ3v) is 7.97. The van der Waals surface area contributed by atoms with Gasteiger partial charge in [-0.3, -0.25) is 15.0 Å². The number of anilines is 1. The van der Waals surface area contributed by atoms with Crippen LogP contribution in [0.3, 0.4) is 0 Å². The molecule has 10 heteroatoms. The molecule has 0 spiro atoms. The first-order valence-electron chi connectivity index (χ1n) is 10.2. The van der Waals surface area contributed by atoms with Crippen molar-refractivity contribution >= 4 is 43.5 Å². The number of rotatable bonds is 4. The van der Waals surface area contributed by atoms with Crippen LogP contribution in [-0.2, 0) is 19.6 Å². The number of hydrogen-bond acceptors (Lipinski definition) is 5. The second-order valence-electron chi connectivity index (χ2n) is 7.60. The number of carbonyl (C=O) groups excluding carboxylic acids is 2. The number of halogens is 1. The van der Waals surface area contributed by atoms with E-state index in [0.29, 0.717) is 11.4 Å². The Morgan fingerprint density at radius 1 is 1.00 bits per heavy atom. The van der Waals surface area contributed by atoms with Gasteiger partial charge in [-0.1, -0.05) is 34.1 Å². The summed E-state index contributed by atoms with van der Waals surface area (Å²) in [5, 5.41) is 1.40. The standard InChI is InChI=1S/C22H23BrN4O4S/c1-16-4-2-3-5-20(16)27-21(28)11-10-19(24-27)22(29)25-12-14-26(15-13-25)32(30,31)18-8-6-17(23)7-9-18/h2-10,24H,11-15H2,1H3. The molecule has 168 valence electrons. The van der Waals surface area contributed by atoms with Crippen LogP contribution in [0, 0.1) is 6.92 Å². The number of nitrogens with one attached hydrogen (secondary N) is 1. The molecule has 0 atom stereocenters. The second kappa shape index (κ2) is 9.05. The summed E-state index contributed by atoms with van der Waals surface area (Å²) >= 11 is 3.31. The maximum Gasteiger partial charge on any atom is 0.271 e. The molecule has 8 nitrogen and oxygen atoms in total. The Bertz CT molecular complexity index is 1170. The molecule has 2 heterocycles. The van der Waals surface area contributed by atoms with Crippen molar-refractivity contribution in [3.05, 3.63) is 70.3 Å². The Morgan fingerprint density at radius 3 is 2.31 bits per heavy atom. The van der Waals surface area contributed by atoms with Gasteiger partial charge in [-0.15, -0.1) is 0 Å². The Morgan fingerprint density at radius 2 is 1.66 bits per heavy atom. The number of amides is 2. The molecule has 2 aliphatic heterocycles. The lowest BCUT2D eigenvalue weighted by molar-refractivity contribution is -0.129. The van der Waals surface area contributed by atoms with Crippen molar-refractivity contribution in [3.63, 3.8) is 0 Å². The van der Waals surface area contributed by atoms with Gasteiger partial charge in [-0.05, 0) is 48.9 Å². The number of para-hydroxylation sites is 1. The number of carbonyl (C=O) groups is 2. The second-order valence-corrected chi connectivity index (χ2v) is 10.5. The van der Waals surface area contributed by atoms with Gasteiger partial charge in [0.05, 0.1) is 10.6 Å². The Hall–Kier alpha value is -2.69. The van der Waals surface area contributed by atoms with Crippen molar-refractivity contribution in [3.8, 4) is 0 Å². The van der Waals surface area contributed by atoms with Crippen LogP contribution in [0.2, 0.25) is 0 Å². The molecular weight excluding hydrogens is 496 g/mol. The third-order valence-electron chi connectivity index (χ3n) is 5.53. The highest BCUT2D eigenvalue weighted by molar-refractivity contribution is 9.10. The summed E-state index contributed by atoms with van der Waals surface area (Å²) in [5.74, 6) is -0.405. The quantitative estimate of drug-likeness (QED) is 0.671. The van der Waals surface area contributed by atoms with E-state index in [1.807, 2.05) is 31.2 Å². The van der Waals surface area contributed by atoms with Gasteiger partial charge in [0.25, 0.3) is 5.91 Å². The molecule has 2 aliphatic rings. The first-order chi connectivity index (χ1) is 15.3. The summed E-state index contributed by atoms with van der Waals surface area (Å²) in [6.45, 7) is 2.85. The molecule has 2 aromatic carbocycles. The van der Waals surface area contributed by atoms with Crippen LogP contribution in [-0.4, -0.2) is 55.6 Å². The van der Waals surface area contributed by atoms with E-state index in [2.05, 4.69) is 21.4 Å². The van der Waals surface area contributed by atoms with Crippen molar-refractivity contribution in [1.82, 2.24) is 14.6 Å². The fourth-order valence-electron chi connectivity index (χ4n) is 3.71. The number of nitrogens with zero attached hydrogens (tertiary/aromatic N) is 3. The molecular formula is C22H23BrN4O4S. The fourth-order valence-corrected chi connectivity index (χ4v) is 5.40. The zero-order valence-electron chi connectivity index (χ0n) is 17.5. The fraction of sp³-hybridized carbons (Fsp3) is 0.273. The number of hydrogen-bond donors (Lipinski definition) is 1. The van der Waals surface area contributed by atoms with Crippen molar-refractivity contribution in [2.75, 3.05) is 31.2 Å². The Labute approximate surface area is 195 Å². The van der Waals surface area contributed by atoms with Gasteiger partial charge in [0.15, 0.2) is 0 Å². The Kier molecular flexibility index (Phi) is 6.36. The monoisotopic (exact) mass is 518 g/mol. The zero-order valence-corrected chi connectivity index (χ0v) is 19.9. The number of aryl methyl sites for hydroxylation is 1. The van der Waals surface area contributed by atoms with Crippen molar-refractivity contribution in [2.45, 2.75) is 18.2 Å². The molecule has 2 amide bonds. The van der Waals surface area contributed by atoms with Gasteiger partial charge in [-0.2, -0.15) is 4.31 Å². The highest BCUT2D eigenvalue weighted by Crippen LogP contribution is 2.23. The molecule has 0 unspecified atom stereocenters. The maximum atomic E-state index is 13.1. The van der Waals surface area contributed by atoms with Crippen LogP contribution < -0.4 is 10.4 Å². The summed E-state index contributed by atoms with van der Waals surface area (Å²) < 4.78 is 28.0. The zero-order chi connectivity index (χ0) is 22.9. The van der Waals surface area contributed by atoms with Gasteiger partial charge >= 0.3 is 0 Å². The number of sulfonamides is 1. The van der Waals surface area contributed by atoms with Crippen LogP contribution in [0.1, 0.15) is 12.0 Å². The van der Waals surface area contributed by atoms with Gasteiger partial charge in [0.2, 0.25) is 15.9 Å². The first kappa shape index (κ1) is 22.5. The average Bonchev–Trinajstić information content (AvgIpc) is 2.80. The molecule has 32 heavy (non-hydrogen) atoms. The predicted molar refractivity (Wildman–Crippen MR) is 124 cm³/mol. The summed E-state index contributed by atoms with van der Waals surface area (Å²) in [5.41, 5.74) is 4.87. The molecule has 1 saturated heterocycles. The maximum absolute atomic E-state index is 13.1. The minimum atomic E-state index is -3.62. The van der Waals surface area contributed by atoms with Crippen LogP contribution in [0.5, 0.6) is 0 Å². The molecule has 1 fully saturated rings. The van der Waals surface area contributed by atoms with E-state index in [4.69, 9.17) is 0 Å². The lowest BCUT2D eigenvalue weighted by atomic mass is 10.1. The number of piperazine rings is 1. The third kappa shape index (κ3) is 4.43. The van der Waals surface area contributed by atoms with Crippen LogP contribution in [0.15, 0.2) is 69.7 Å². The van der Waals surface area contributed by atoms with Crippen LogP contribution in [0.25, 0.3) is 0 Å². The molecule has 2 aromatic rings. The van der Waals surface area contributed by atoms with E-state index in [1.165, 1.54) is 9.31 Å². The topological polar surface area (TPSA) is 90.0 Å². The normalized spacial score (nSPS) is 17.7. The summed E-state index contributed by atoms with van der Waals surface area (Å²) in [6, 6.07) is 13.9. The number of hydrazine groups is 1. The molecule has 0 saturated carbocycles. The van der Waals surface area contributed by atoms with E-state index in [-0.39, 0.29) is 49.3 Å². The minimum absolute atomic E-state index is 0.111. The molecule has 0 aliphatic carbocycles. The summed E-state index contributed by atoms with van der Waals surface area (Å²) in [7, 11) is -3.62. The highest BCUT2D eigenvalue weighted by atomic mass is 79.9. The van der Waals surface area contributed by atoms with Gasteiger partial charge in [-0.25, -0.2) is 13.4 Å². The molecule has 0 radical (unpaired) electrons. The molecule has 0 aromatic heterocycles. The van der Waals surface area contributed by atoms with Gasteiger partial charge in [0, 0.05) is 37.1 Å². The number of benzene rings is 2. The van der Waals surface area contributed by atoms with Gasteiger partial charge < -0.3 is 4.90 Å². The van der Waals surface area contributed by atoms with Crippen molar-refractivity contribution in [2.24, 2.45) is 0 Å². The Balaban J connectivity index is 1.43. The van der Waals surface area contributed by atoms with E-state index in [9.17, 15) is 18.0 Å². The van der Waals surface area contributed by atoms with E-state index in [0.717, 1.165) is 10.0 Å². The van der Waals surface area contributed by atoms with Gasteiger partial charge in [0.1, 0.15) is 5.70 Å². The highest BCUT2D eigenvalue weighted by Gasteiger charge is 2.33. The van der Waals surface area contributed by atoms with E-state index >= 15 is 0 Å². The van der Waals surface area contributed by atoms with Crippen molar-refractivity contribution in [1.29, 1.82) is 0 Å². The predicted octanol–water partition coefficient (Wildman–Crippen LogP) is 2.42. The SMILES string of the molecule is Cc1ccccc1N1NC(C(=O)N2CCN(S(=O)(=O)c3ccc(Br)cc3)CC2)=CCC1=O. The lowest BCUT2D eigenvalue weighted by Crippen LogP contribution is -2.54.